The molecule has 0 aliphatic rings. The minimum Gasteiger partial charge on any atom is -0.494 e. The second-order valence-corrected chi connectivity index (χ2v) is 9.87. The van der Waals surface area contributed by atoms with E-state index in [0.29, 0.717) is 34.6 Å². The zero-order chi connectivity index (χ0) is 25.2. The lowest BCUT2D eigenvalue weighted by molar-refractivity contribution is 0.101. The molecule has 0 atom stereocenters. The van der Waals surface area contributed by atoms with Gasteiger partial charge in [-0.1, -0.05) is 36.4 Å². The summed E-state index contributed by atoms with van der Waals surface area (Å²) >= 11 is 0. The van der Waals surface area contributed by atoms with Crippen LogP contribution >= 0.6 is 0 Å². The number of anilines is 1. The molecule has 1 heterocycles. The largest absolute Gasteiger partial charge is 0.494 e. The summed E-state index contributed by atoms with van der Waals surface area (Å²) in [5.74, 6) is -0.913. The Hall–Kier alpha value is -3.98. The summed E-state index contributed by atoms with van der Waals surface area (Å²) in [4.78, 5) is 13.6. The summed E-state index contributed by atoms with van der Waals surface area (Å²) in [7, 11) is -2.01. The van der Waals surface area contributed by atoms with Crippen molar-refractivity contribution in [3.8, 4) is 28.1 Å². The van der Waals surface area contributed by atoms with Crippen LogP contribution in [0.25, 0.3) is 22.4 Å². The Bertz CT molecular complexity index is 1480. The van der Waals surface area contributed by atoms with Crippen molar-refractivity contribution in [2.24, 2.45) is 0 Å². The maximum absolute atomic E-state index is 14.7. The van der Waals surface area contributed by atoms with E-state index in [0.717, 1.165) is 6.26 Å². The fraction of sp³-hybridized carbons (Fsp3) is 0.154. The molecule has 7 nitrogen and oxygen atoms in total. The first-order valence-electron chi connectivity index (χ1n) is 10.8. The van der Waals surface area contributed by atoms with Crippen LogP contribution in [0.1, 0.15) is 17.4 Å². The number of hydrogen-bond donors (Lipinski definition) is 1. The zero-order valence-corrected chi connectivity index (χ0v) is 20.3. The average molecular weight is 494 g/mol. The van der Waals surface area contributed by atoms with Crippen molar-refractivity contribution in [2.45, 2.75) is 18.4 Å². The number of benzene rings is 3. The van der Waals surface area contributed by atoms with Gasteiger partial charge in [-0.15, -0.1) is 0 Å². The highest BCUT2D eigenvalue weighted by Gasteiger charge is 2.26. The van der Waals surface area contributed by atoms with Crippen molar-refractivity contribution in [1.82, 2.24) is 9.78 Å². The van der Waals surface area contributed by atoms with Crippen LogP contribution in [0.4, 0.5) is 10.1 Å². The summed E-state index contributed by atoms with van der Waals surface area (Å²) in [6, 6.07) is 19.7. The Morgan fingerprint density at radius 2 is 1.69 bits per heavy atom. The van der Waals surface area contributed by atoms with Crippen LogP contribution in [0.3, 0.4) is 0 Å². The van der Waals surface area contributed by atoms with Gasteiger partial charge in [0.15, 0.2) is 21.4 Å². The fourth-order valence-electron chi connectivity index (χ4n) is 3.79. The number of sulfone groups is 1. The second kappa shape index (κ2) is 9.71. The number of rotatable bonds is 7. The number of aromatic nitrogens is 2. The predicted octanol–water partition coefficient (Wildman–Crippen LogP) is 5.04. The standard InChI is InChI=1S/C26H24FN3O4S/c1-4-30-25(26(31)28-19-8-6-5-7-9-19)23(18-12-15-22(34-2)21(27)16-18)24(29-30)17-10-13-20(14-11-17)35(3,32)33/h5-16H,4H2,1-3H3,(H,28,31). The molecular formula is C26H24FN3O4S. The second-order valence-electron chi connectivity index (χ2n) is 7.85. The Balaban J connectivity index is 1.92. The van der Waals surface area contributed by atoms with Crippen LogP contribution in [0.5, 0.6) is 5.75 Å². The molecule has 0 aliphatic heterocycles. The highest BCUT2D eigenvalue weighted by molar-refractivity contribution is 7.90. The minimum absolute atomic E-state index is 0.0750. The van der Waals surface area contributed by atoms with Gasteiger partial charge in [0.2, 0.25) is 0 Å². The number of ether oxygens (including phenoxy) is 1. The Morgan fingerprint density at radius 1 is 1.03 bits per heavy atom. The number of carbonyl (C=O) groups is 1. The Labute approximate surface area is 203 Å². The van der Waals surface area contributed by atoms with Gasteiger partial charge in [0.1, 0.15) is 11.4 Å². The fourth-order valence-corrected chi connectivity index (χ4v) is 4.42. The third kappa shape index (κ3) is 4.95. The molecule has 0 bridgehead atoms. The lowest BCUT2D eigenvalue weighted by atomic mass is 9.98. The Kier molecular flexibility index (Phi) is 6.70. The molecule has 0 aliphatic carbocycles. The lowest BCUT2D eigenvalue weighted by Gasteiger charge is -2.11. The quantitative estimate of drug-likeness (QED) is 0.390. The monoisotopic (exact) mass is 493 g/mol. The van der Waals surface area contributed by atoms with Crippen molar-refractivity contribution in [1.29, 1.82) is 0 Å². The minimum atomic E-state index is -3.39. The molecule has 1 aromatic heterocycles. The van der Waals surface area contributed by atoms with Gasteiger partial charge in [-0.2, -0.15) is 5.10 Å². The molecule has 1 amide bonds. The summed E-state index contributed by atoms with van der Waals surface area (Å²) in [5.41, 5.74) is 2.73. The lowest BCUT2D eigenvalue weighted by Crippen LogP contribution is -2.18. The third-order valence-corrected chi connectivity index (χ3v) is 6.62. The normalized spacial score (nSPS) is 11.3. The summed E-state index contributed by atoms with van der Waals surface area (Å²) in [5, 5.41) is 7.53. The van der Waals surface area contributed by atoms with E-state index in [1.807, 2.05) is 13.0 Å². The van der Waals surface area contributed by atoms with E-state index < -0.39 is 21.6 Å². The average Bonchev–Trinajstić information content (AvgIpc) is 3.24. The molecule has 0 unspecified atom stereocenters. The first kappa shape index (κ1) is 24.2. The first-order chi connectivity index (χ1) is 16.7. The topological polar surface area (TPSA) is 90.3 Å². The van der Waals surface area contributed by atoms with Crippen LogP contribution in [-0.4, -0.2) is 37.5 Å². The number of methoxy groups -OCH3 is 1. The smallest absolute Gasteiger partial charge is 0.274 e. The van der Waals surface area contributed by atoms with Crippen LogP contribution in [0, 0.1) is 5.82 Å². The molecule has 180 valence electrons. The summed E-state index contributed by atoms with van der Waals surface area (Å²) in [6.45, 7) is 2.23. The number of amides is 1. The molecule has 0 saturated carbocycles. The molecule has 4 rings (SSSR count). The van der Waals surface area contributed by atoms with E-state index in [2.05, 4.69) is 10.4 Å². The van der Waals surface area contributed by atoms with Crippen molar-refractivity contribution in [3.63, 3.8) is 0 Å². The van der Waals surface area contributed by atoms with Gasteiger partial charge in [0.25, 0.3) is 5.91 Å². The molecule has 9 heteroatoms. The molecule has 0 fully saturated rings. The van der Waals surface area contributed by atoms with E-state index in [-0.39, 0.29) is 16.3 Å². The zero-order valence-electron chi connectivity index (χ0n) is 19.4. The van der Waals surface area contributed by atoms with E-state index in [9.17, 15) is 17.6 Å². The molecule has 3 aromatic carbocycles. The van der Waals surface area contributed by atoms with Crippen LogP contribution < -0.4 is 10.1 Å². The summed E-state index contributed by atoms with van der Waals surface area (Å²) in [6.07, 6.45) is 1.13. The number of nitrogens with one attached hydrogen (secondary N) is 1. The summed E-state index contributed by atoms with van der Waals surface area (Å²) < 4.78 is 45.1. The van der Waals surface area contributed by atoms with Crippen LogP contribution in [-0.2, 0) is 16.4 Å². The highest BCUT2D eigenvalue weighted by atomic mass is 32.2. The van der Waals surface area contributed by atoms with Gasteiger partial charge in [0.05, 0.1) is 12.0 Å². The van der Waals surface area contributed by atoms with Gasteiger partial charge in [-0.05, 0) is 48.9 Å². The van der Waals surface area contributed by atoms with Gasteiger partial charge in [-0.25, -0.2) is 12.8 Å². The number of aryl methyl sites for hydroxylation is 1. The van der Waals surface area contributed by atoms with Crippen molar-refractivity contribution >= 4 is 21.4 Å². The van der Waals surface area contributed by atoms with Crippen molar-refractivity contribution < 1.29 is 22.3 Å². The number of carbonyl (C=O) groups excluding carboxylic acids is 1. The third-order valence-electron chi connectivity index (χ3n) is 5.50. The maximum Gasteiger partial charge on any atom is 0.274 e. The van der Waals surface area contributed by atoms with E-state index >= 15 is 0 Å². The molecular weight excluding hydrogens is 469 g/mol. The predicted molar refractivity (Wildman–Crippen MR) is 133 cm³/mol. The van der Waals surface area contributed by atoms with E-state index in [4.69, 9.17) is 4.74 Å². The van der Waals surface area contributed by atoms with Gasteiger partial charge >= 0.3 is 0 Å². The highest BCUT2D eigenvalue weighted by Crippen LogP contribution is 2.37. The molecule has 0 spiro atoms. The molecule has 1 N–H and O–H groups in total. The number of para-hydroxylation sites is 1. The Morgan fingerprint density at radius 3 is 2.26 bits per heavy atom. The SMILES string of the molecule is CCn1nc(-c2ccc(S(C)(=O)=O)cc2)c(-c2ccc(OC)c(F)c2)c1C(=O)Nc1ccccc1. The molecule has 4 aromatic rings. The van der Waals surface area contributed by atoms with Crippen LogP contribution in [0.15, 0.2) is 77.7 Å². The molecule has 35 heavy (non-hydrogen) atoms. The van der Waals surface area contributed by atoms with Crippen LogP contribution in [0.2, 0.25) is 0 Å². The molecule has 0 radical (unpaired) electrons. The van der Waals surface area contributed by atoms with E-state index in [1.165, 1.54) is 31.4 Å². The van der Waals surface area contributed by atoms with Gasteiger partial charge < -0.3 is 10.1 Å². The van der Waals surface area contributed by atoms with Gasteiger partial charge in [0, 0.05) is 29.6 Å². The number of nitrogens with zero attached hydrogens (tertiary/aromatic N) is 2. The molecule has 0 saturated heterocycles. The maximum atomic E-state index is 14.7. The van der Waals surface area contributed by atoms with Crippen molar-refractivity contribution in [2.75, 3.05) is 18.7 Å². The van der Waals surface area contributed by atoms with Crippen molar-refractivity contribution in [3.05, 3.63) is 84.3 Å². The number of hydrogen-bond acceptors (Lipinski definition) is 5. The van der Waals surface area contributed by atoms with E-state index in [1.54, 1.807) is 47.1 Å². The number of halogens is 1. The first-order valence-corrected chi connectivity index (χ1v) is 12.7. The van der Waals surface area contributed by atoms with Gasteiger partial charge in [-0.3, -0.25) is 9.48 Å².